The van der Waals surface area contributed by atoms with Crippen LogP contribution in [0.2, 0.25) is 0 Å². The van der Waals surface area contributed by atoms with E-state index in [0.29, 0.717) is 23.7 Å². The molecule has 0 atom stereocenters. The summed E-state index contributed by atoms with van der Waals surface area (Å²) in [6.07, 6.45) is 7.07. The predicted octanol–water partition coefficient (Wildman–Crippen LogP) is 5.62. The number of ether oxygens (including phenoxy) is 1. The Morgan fingerprint density at radius 1 is 1.16 bits per heavy atom. The number of aromatic nitrogens is 2. The van der Waals surface area contributed by atoms with E-state index in [0.717, 1.165) is 17.7 Å². The number of benzene rings is 2. The zero-order valence-electron chi connectivity index (χ0n) is 18.0. The average Bonchev–Trinajstić information content (AvgIpc) is 3.54. The maximum Gasteiger partial charge on any atom is 0.265 e. The van der Waals surface area contributed by atoms with Crippen molar-refractivity contribution in [2.45, 2.75) is 39.3 Å². The van der Waals surface area contributed by atoms with Crippen molar-refractivity contribution in [1.82, 2.24) is 9.78 Å². The second-order valence-electron chi connectivity index (χ2n) is 8.20. The lowest BCUT2D eigenvalue weighted by atomic mass is 10.1. The molecule has 0 aliphatic heterocycles. The van der Waals surface area contributed by atoms with Gasteiger partial charge in [-0.25, -0.2) is 0 Å². The first-order valence-corrected chi connectivity index (χ1v) is 11.7. The van der Waals surface area contributed by atoms with Crippen molar-refractivity contribution in [3.8, 4) is 5.75 Å². The molecule has 0 unspecified atom stereocenters. The number of rotatable bonds is 7. The number of nitrogens with one attached hydrogen (secondary N) is 1. The fourth-order valence-electron chi connectivity index (χ4n) is 4.04. The molecular weight excluding hydrogens is 418 g/mol. The summed E-state index contributed by atoms with van der Waals surface area (Å²) in [6.45, 7) is 3.21. The van der Waals surface area contributed by atoms with E-state index in [1.165, 1.54) is 46.4 Å². The van der Waals surface area contributed by atoms with Crippen molar-refractivity contribution in [1.29, 1.82) is 0 Å². The standard InChI is InChI=1S/C26H25N3O2S/c1-18-5-2-3-6-22(18)14-29-15-23(13-27-29)28-26(30)25-11-19(17-32-25)16-31-24-10-9-20-7-4-8-21(20)12-24/h2-3,5-6,9-13,15,17H,4,7-8,14,16H2,1H3,(H,28,30). The zero-order valence-corrected chi connectivity index (χ0v) is 18.8. The molecular formula is C26H25N3O2S. The Morgan fingerprint density at radius 3 is 2.94 bits per heavy atom. The SMILES string of the molecule is Cc1ccccc1Cn1cc(NC(=O)c2cc(COc3ccc4c(c3)CCC4)cs2)cn1. The number of amides is 1. The Hall–Kier alpha value is -3.38. The summed E-state index contributed by atoms with van der Waals surface area (Å²) in [7, 11) is 0. The van der Waals surface area contributed by atoms with Crippen LogP contribution >= 0.6 is 11.3 Å². The number of nitrogens with zero attached hydrogens (tertiary/aromatic N) is 2. The van der Waals surface area contributed by atoms with Gasteiger partial charge in [0.05, 0.1) is 23.3 Å². The van der Waals surface area contributed by atoms with Crippen LogP contribution in [-0.2, 0) is 26.0 Å². The van der Waals surface area contributed by atoms with E-state index in [4.69, 9.17) is 4.74 Å². The second-order valence-corrected chi connectivity index (χ2v) is 9.11. The third-order valence-electron chi connectivity index (χ3n) is 5.84. The average molecular weight is 444 g/mol. The Labute approximate surface area is 191 Å². The minimum Gasteiger partial charge on any atom is -0.489 e. The zero-order chi connectivity index (χ0) is 21.9. The number of carbonyl (C=O) groups is 1. The quantitative estimate of drug-likeness (QED) is 0.403. The molecule has 162 valence electrons. The number of carbonyl (C=O) groups excluding carboxylic acids is 1. The first-order chi connectivity index (χ1) is 15.6. The number of hydrogen-bond acceptors (Lipinski definition) is 4. The van der Waals surface area contributed by atoms with E-state index in [2.05, 4.69) is 41.6 Å². The lowest BCUT2D eigenvalue weighted by molar-refractivity contribution is 0.103. The van der Waals surface area contributed by atoms with E-state index in [1.807, 2.05) is 40.5 Å². The van der Waals surface area contributed by atoms with Crippen molar-refractivity contribution >= 4 is 22.9 Å². The number of aryl methyl sites for hydroxylation is 3. The van der Waals surface area contributed by atoms with Gasteiger partial charge in [-0.15, -0.1) is 11.3 Å². The molecule has 0 radical (unpaired) electrons. The highest BCUT2D eigenvalue weighted by Gasteiger charge is 2.13. The van der Waals surface area contributed by atoms with Gasteiger partial charge < -0.3 is 10.1 Å². The van der Waals surface area contributed by atoms with Crippen LogP contribution in [0.4, 0.5) is 5.69 Å². The number of fused-ring (bicyclic) bond motifs is 1. The Bertz CT molecular complexity index is 1260. The fourth-order valence-corrected chi connectivity index (χ4v) is 4.84. The molecule has 4 aromatic rings. The normalized spacial score (nSPS) is 12.5. The number of hydrogen-bond donors (Lipinski definition) is 1. The smallest absolute Gasteiger partial charge is 0.265 e. The highest BCUT2D eigenvalue weighted by Crippen LogP contribution is 2.27. The minimum atomic E-state index is -0.130. The summed E-state index contributed by atoms with van der Waals surface area (Å²) >= 11 is 1.42. The Kier molecular flexibility index (Phi) is 5.77. The van der Waals surface area contributed by atoms with Crippen LogP contribution in [0.5, 0.6) is 5.75 Å². The third-order valence-corrected chi connectivity index (χ3v) is 6.82. The molecule has 6 heteroatoms. The lowest BCUT2D eigenvalue weighted by Crippen LogP contribution is -2.09. The molecule has 5 nitrogen and oxygen atoms in total. The molecule has 0 spiro atoms. The first-order valence-electron chi connectivity index (χ1n) is 10.8. The molecule has 0 fully saturated rings. The fraction of sp³-hybridized carbons (Fsp3) is 0.231. The largest absolute Gasteiger partial charge is 0.489 e. The third kappa shape index (κ3) is 4.60. The van der Waals surface area contributed by atoms with Gasteiger partial charge in [0, 0.05) is 11.8 Å². The summed E-state index contributed by atoms with van der Waals surface area (Å²) in [6, 6.07) is 16.5. The number of anilines is 1. The van der Waals surface area contributed by atoms with Crippen molar-refractivity contribution in [2.24, 2.45) is 0 Å². The molecule has 1 N–H and O–H groups in total. The van der Waals surface area contributed by atoms with Gasteiger partial charge in [0.15, 0.2) is 0 Å². The summed E-state index contributed by atoms with van der Waals surface area (Å²) < 4.78 is 7.80. The molecule has 0 bridgehead atoms. The van der Waals surface area contributed by atoms with Gasteiger partial charge in [0.1, 0.15) is 12.4 Å². The van der Waals surface area contributed by atoms with Gasteiger partial charge in [-0.3, -0.25) is 9.48 Å². The van der Waals surface area contributed by atoms with Crippen LogP contribution < -0.4 is 10.1 Å². The van der Waals surface area contributed by atoms with Crippen LogP contribution in [0.25, 0.3) is 0 Å². The molecule has 1 aliphatic carbocycles. The van der Waals surface area contributed by atoms with E-state index >= 15 is 0 Å². The Balaban J connectivity index is 1.17. The van der Waals surface area contributed by atoms with E-state index in [9.17, 15) is 4.79 Å². The predicted molar refractivity (Wildman–Crippen MR) is 128 cm³/mol. The van der Waals surface area contributed by atoms with Crippen molar-refractivity contribution in [3.63, 3.8) is 0 Å². The van der Waals surface area contributed by atoms with Crippen LogP contribution in [-0.4, -0.2) is 15.7 Å². The van der Waals surface area contributed by atoms with E-state index in [1.54, 1.807) is 6.20 Å². The van der Waals surface area contributed by atoms with Gasteiger partial charge in [0.25, 0.3) is 5.91 Å². The summed E-state index contributed by atoms with van der Waals surface area (Å²) in [5.74, 6) is 0.762. The molecule has 0 saturated carbocycles. The summed E-state index contributed by atoms with van der Waals surface area (Å²) in [4.78, 5) is 13.3. The molecule has 1 aliphatic rings. The molecule has 32 heavy (non-hydrogen) atoms. The van der Waals surface area contributed by atoms with Crippen LogP contribution in [0.3, 0.4) is 0 Å². The molecule has 2 heterocycles. The van der Waals surface area contributed by atoms with Gasteiger partial charge in [-0.05, 0) is 72.0 Å². The molecule has 0 saturated heterocycles. The highest BCUT2D eigenvalue weighted by atomic mass is 32.1. The van der Waals surface area contributed by atoms with E-state index < -0.39 is 0 Å². The van der Waals surface area contributed by atoms with Crippen LogP contribution in [0, 0.1) is 6.92 Å². The maximum atomic E-state index is 12.7. The van der Waals surface area contributed by atoms with Gasteiger partial charge in [0.2, 0.25) is 0 Å². The molecule has 2 aromatic heterocycles. The number of thiophene rings is 1. The van der Waals surface area contributed by atoms with Crippen molar-refractivity contribution in [3.05, 3.63) is 99.0 Å². The lowest BCUT2D eigenvalue weighted by Gasteiger charge is -2.07. The first kappa shape index (κ1) is 20.5. The van der Waals surface area contributed by atoms with Gasteiger partial charge in [-0.2, -0.15) is 5.10 Å². The van der Waals surface area contributed by atoms with Crippen molar-refractivity contribution < 1.29 is 9.53 Å². The minimum absolute atomic E-state index is 0.130. The molecule has 5 rings (SSSR count). The summed E-state index contributed by atoms with van der Waals surface area (Å²) in [5.41, 5.74) is 6.95. The second kappa shape index (κ2) is 9.01. The molecule has 1 amide bonds. The highest BCUT2D eigenvalue weighted by molar-refractivity contribution is 7.12. The van der Waals surface area contributed by atoms with Crippen molar-refractivity contribution in [2.75, 3.05) is 5.32 Å². The monoisotopic (exact) mass is 443 g/mol. The van der Waals surface area contributed by atoms with Crippen LogP contribution in [0.1, 0.15) is 43.9 Å². The topological polar surface area (TPSA) is 56.2 Å². The van der Waals surface area contributed by atoms with Gasteiger partial charge >= 0.3 is 0 Å². The summed E-state index contributed by atoms with van der Waals surface area (Å²) in [5, 5.41) is 9.30. The van der Waals surface area contributed by atoms with E-state index in [-0.39, 0.29) is 5.91 Å². The van der Waals surface area contributed by atoms with Gasteiger partial charge in [-0.1, -0.05) is 30.3 Å². The Morgan fingerprint density at radius 2 is 2.03 bits per heavy atom. The van der Waals surface area contributed by atoms with Crippen LogP contribution in [0.15, 0.2) is 66.3 Å². The molecule has 2 aromatic carbocycles. The maximum absolute atomic E-state index is 12.7.